The third-order valence-electron chi connectivity index (χ3n) is 4.12. The predicted molar refractivity (Wildman–Crippen MR) is 91.8 cm³/mol. The molecule has 2 aromatic heterocycles. The van der Waals surface area contributed by atoms with Gasteiger partial charge in [-0.3, -0.25) is 13.9 Å². The largest absolute Gasteiger partial charge is 0.334 e. The lowest BCUT2D eigenvalue weighted by atomic mass is 10.2. The summed E-state index contributed by atoms with van der Waals surface area (Å²) in [5.74, 6) is 0.426. The maximum atomic E-state index is 12.6. The van der Waals surface area contributed by atoms with E-state index in [9.17, 15) is 9.59 Å². The molecule has 1 aromatic carbocycles. The Labute approximate surface area is 151 Å². The van der Waals surface area contributed by atoms with Crippen LogP contribution in [-0.4, -0.2) is 19.3 Å². The van der Waals surface area contributed by atoms with Gasteiger partial charge >= 0.3 is 5.69 Å². The zero-order valence-electron chi connectivity index (χ0n) is 13.4. The summed E-state index contributed by atoms with van der Waals surface area (Å²) < 4.78 is 7.59. The average Bonchev–Trinajstić information content (AvgIpc) is 3.37. The van der Waals surface area contributed by atoms with Gasteiger partial charge in [0, 0.05) is 22.8 Å². The Balaban J connectivity index is 1.71. The second-order valence-corrected chi connectivity index (χ2v) is 6.43. The van der Waals surface area contributed by atoms with E-state index in [4.69, 9.17) is 21.4 Å². The normalized spacial score (nSPS) is 13.5. The van der Waals surface area contributed by atoms with Crippen LogP contribution in [-0.2, 0) is 6.54 Å². The van der Waals surface area contributed by atoms with E-state index in [1.54, 1.807) is 24.3 Å². The minimum Gasteiger partial charge on any atom is -0.334 e. The molecule has 1 aliphatic rings. The molecule has 1 fully saturated rings. The van der Waals surface area contributed by atoms with Crippen LogP contribution in [0.5, 0.6) is 0 Å². The van der Waals surface area contributed by atoms with Gasteiger partial charge in [0.15, 0.2) is 5.82 Å². The van der Waals surface area contributed by atoms with Crippen molar-refractivity contribution >= 4 is 11.6 Å². The summed E-state index contributed by atoms with van der Waals surface area (Å²) >= 11 is 5.85. The van der Waals surface area contributed by atoms with Gasteiger partial charge in [-0.25, -0.2) is 4.79 Å². The second kappa shape index (κ2) is 6.28. The summed E-state index contributed by atoms with van der Waals surface area (Å²) in [6, 6.07) is 8.71. The topological polar surface area (TPSA) is 107 Å². The molecule has 0 bridgehead atoms. The highest BCUT2D eigenvalue weighted by Crippen LogP contribution is 2.33. The van der Waals surface area contributed by atoms with E-state index in [0.717, 1.165) is 17.4 Å². The molecule has 3 aromatic rings. The van der Waals surface area contributed by atoms with Gasteiger partial charge in [0.25, 0.3) is 11.4 Å². The molecule has 0 amide bonds. The van der Waals surface area contributed by atoms with Crippen LogP contribution in [0.15, 0.2) is 44.6 Å². The Bertz CT molecular complexity index is 1130. The highest BCUT2D eigenvalue weighted by Gasteiger charge is 2.27. The van der Waals surface area contributed by atoms with Crippen molar-refractivity contribution in [3.05, 3.63) is 67.7 Å². The van der Waals surface area contributed by atoms with Gasteiger partial charge in [0.1, 0.15) is 11.6 Å². The Kier molecular flexibility index (Phi) is 3.93. The number of nitrogens with zero attached hydrogens (tertiary/aromatic N) is 5. The van der Waals surface area contributed by atoms with Gasteiger partial charge in [0.2, 0.25) is 0 Å². The first kappa shape index (κ1) is 16.3. The van der Waals surface area contributed by atoms with Crippen LogP contribution in [0, 0.1) is 11.3 Å². The molecule has 0 saturated heterocycles. The maximum Gasteiger partial charge on any atom is 0.331 e. The van der Waals surface area contributed by atoms with Gasteiger partial charge < -0.3 is 4.52 Å². The maximum absolute atomic E-state index is 12.6. The van der Waals surface area contributed by atoms with Crippen molar-refractivity contribution in [3.63, 3.8) is 0 Å². The number of aromatic nitrogens is 4. The Morgan fingerprint density at radius 3 is 2.65 bits per heavy atom. The van der Waals surface area contributed by atoms with Crippen LogP contribution in [0.2, 0.25) is 5.02 Å². The fraction of sp³-hybridized carbons (Fsp3) is 0.235. The lowest BCUT2D eigenvalue weighted by Gasteiger charge is -2.08. The first-order valence-corrected chi connectivity index (χ1v) is 8.29. The zero-order chi connectivity index (χ0) is 18.3. The highest BCUT2D eigenvalue weighted by molar-refractivity contribution is 6.30. The molecule has 0 radical (unpaired) electrons. The first-order chi connectivity index (χ1) is 12.6. The van der Waals surface area contributed by atoms with E-state index in [1.807, 2.05) is 6.07 Å². The fourth-order valence-electron chi connectivity index (χ4n) is 2.62. The second-order valence-electron chi connectivity index (χ2n) is 5.99. The number of benzene rings is 1. The molecule has 0 atom stereocenters. The molecule has 1 aliphatic carbocycles. The SMILES string of the molecule is N#Cc1cn(C2CC2)c(=O)n(Cc2noc(-c3ccc(Cl)cc3)n2)c1=O. The molecule has 9 heteroatoms. The van der Waals surface area contributed by atoms with Gasteiger partial charge in [0.05, 0.1) is 6.54 Å². The van der Waals surface area contributed by atoms with Crippen LogP contribution in [0.4, 0.5) is 0 Å². The third kappa shape index (κ3) is 2.93. The van der Waals surface area contributed by atoms with Crippen LogP contribution < -0.4 is 11.2 Å². The smallest absolute Gasteiger partial charge is 0.331 e. The van der Waals surface area contributed by atoms with Crippen molar-refractivity contribution in [2.45, 2.75) is 25.4 Å². The number of rotatable bonds is 4. The average molecular weight is 370 g/mol. The molecule has 8 nitrogen and oxygen atoms in total. The van der Waals surface area contributed by atoms with Gasteiger partial charge in [-0.05, 0) is 37.1 Å². The number of hydrogen-bond donors (Lipinski definition) is 0. The van der Waals surface area contributed by atoms with E-state index in [-0.39, 0.29) is 29.9 Å². The van der Waals surface area contributed by atoms with Crippen molar-refractivity contribution in [3.8, 4) is 17.5 Å². The summed E-state index contributed by atoms with van der Waals surface area (Å²) in [5.41, 5.74) is -0.554. The summed E-state index contributed by atoms with van der Waals surface area (Å²) in [5, 5.41) is 13.6. The first-order valence-electron chi connectivity index (χ1n) is 7.91. The minimum absolute atomic E-state index is 0.0383. The van der Waals surface area contributed by atoms with Gasteiger partial charge in [-0.2, -0.15) is 10.2 Å². The summed E-state index contributed by atoms with van der Waals surface area (Å²) in [4.78, 5) is 29.2. The summed E-state index contributed by atoms with van der Waals surface area (Å²) in [6.07, 6.45) is 3.03. The standard InChI is InChI=1S/C17H12ClN5O3/c18-12-3-1-10(2-4-12)15-20-14(21-26-15)9-23-16(24)11(7-19)8-22(17(23)25)13-5-6-13/h1-4,8,13H,5-6,9H2. The molecular formula is C17H12ClN5O3. The van der Waals surface area contributed by atoms with E-state index in [0.29, 0.717) is 10.6 Å². The number of halogens is 1. The quantitative estimate of drug-likeness (QED) is 0.695. The van der Waals surface area contributed by atoms with E-state index < -0.39 is 11.2 Å². The number of hydrogen-bond acceptors (Lipinski definition) is 6. The Morgan fingerprint density at radius 2 is 2.00 bits per heavy atom. The van der Waals surface area contributed by atoms with Crippen LogP contribution in [0.25, 0.3) is 11.5 Å². The van der Waals surface area contributed by atoms with Crippen molar-refractivity contribution in [2.75, 3.05) is 0 Å². The van der Waals surface area contributed by atoms with E-state index in [1.165, 1.54) is 10.8 Å². The van der Waals surface area contributed by atoms with E-state index >= 15 is 0 Å². The molecule has 4 rings (SSSR count). The van der Waals surface area contributed by atoms with Gasteiger partial charge in [-0.1, -0.05) is 16.8 Å². The molecule has 0 aliphatic heterocycles. The molecule has 0 spiro atoms. The molecule has 130 valence electrons. The summed E-state index contributed by atoms with van der Waals surface area (Å²) in [7, 11) is 0. The molecule has 0 unspecified atom stereocenters. The van der Waals surface area contributed by atoms with Crippen LogP contribution in [0.1, 0.15) is 30.3 Å². The fourth-order valence-corrected chi connectivity index (χ4v) is 2.75. The van der Waals surface area contributed by atoms with Crippen molar-refractivity contribution < 1.29 is 4.52 Å². The Hall–Kier alpha value is -3.18. The molecular weight excluding hydrogens is 358 g/mol. The molecule has 2 heterocycles. The van der Waals surface area contributed by atoms with Crippen LogP contribution in [0.3, 0.4) is 0 Å². The minimum atomic E-state index is -0.660. The van der Waals surface area contributed by atoms with E-state index in [2.05, 4.69) is 10.1 Å². The van der Waals surface area contributed by atoms with Crippen molar-refractivity contribution in [1.29, 1.82) is 5.26 Å². The molecule has 1 saturated carbocycles. The van der Waals surface area contributed by atoms with Gasteiger partial charge in [-0.15, -0.1) is 0 Å². The zero-order valence-corrected chi connectivity index (χ0v) is 14.2. The van der Waals surface area contributed by atoms with Crippen molar-refractivity contribution in [2.24, 2.45) is 0 Å². The van der Waals surface area contributed by atoms with Crippen LogP contribution >= 0.6 is 11.6 Å². The Morgan fingerprint density at radius 1 is 1.27 bits per heavy atom. The van der Waals surface area contributed by atoms with Crippen molar-refractivity contribution in [1.82, 2.24) is 19.3 Å². The predicted octanol–water partition coefficient (Wildman–Crippen LogP) is 1.97. The highest BCUT2D eigenvalue weighted by atomic mass is 35.5. The monoisotopic (exact) mass is 369 g/mol. The molecule has 26 heavy (non-hydrogen) atoms. The summed E-state index contributed by atoms with van der Waals surface area (Å²) in [6.45, 7) is -0.170. The number of nitriles is 1. The lowest BCUT2D eigenvalue weighted by molar-refractivity contribution is 0.418. The third-order valence-corrected chi connectivity index (χ3v) is 4.37. The molecule has 0 N–H and O–H groups in total. The lowest BCUT2D eigenvalue weighted by Crippen LogP contribution is -2.41.